The predicted octanol–water partition coefficient (Wildman–Crippen LogP) is 3.73. The molecular formula is C19H24N2O3. The van der Waals surface area contributed by atoms with Gasteiger partial charge in [-0.25, -0.2) is 4.79 Å². The standard InChI is InChI=1S/C19H24N2O3/c1-13(2)17(22)15-10-20-21(12-15)11-14-8-6-7-9-16(14)18(23)24-19(3,4)5/h6-10,12-13H,11H2,1-5H3. The number of carbonyl (C=O) groups excluding carboxylic acids is 2. The lowest BCUT2D eigenvalue weighted by Gasteiger charge is -2.20. The fourth-order valence-corrected chi connectivity index (χ4v) is 2.28. The molecule has 2 rings (SSSR count). The van der Waals surface area contributed by atoms with Crippen LogP contribution in [-0.2, 0) is 11.3 Å². The van der Waals surface area contributed by atoms with Crippen LogP contribution in [-0.4, -0.2) is 27.1 Å². The summed E-state index contributed by atoms with van der Waals surface area (Å²) >= 11 is 0. The van der Waals surface area contributed by atoms with E-state index in [2.05, 4.69) is 5.10 Å². The molecule has 128 valence electrons. The van der Waals surface area contributed by atoms with Gasteiger partial charge in [0.1, 0.15) is 5.60 Å². The first-order chi connectivity index (χ1) is 11.2. The van der Waals surface area contributed by atoms with Gasteiger partial charge in [-0.15, -0.1) is 0 Å². The van der Waals surface area contributed by atoms with Crippen LogP contribution in [0.25, 0.3) is 0 Å². The van der Waals surface area contributed by atoms with E-state index in [4.69, 9.17) is 4.74 Å². The Morgan fingerprint density at radius 3 is 2.50 bits per heavy atom. The van der Waals surface area contributed by atoms with Crippen LogP contribution in [0.1, 0.15) is 60.9 Å². The Kier molecular flexibility index (Phi) is 5.22. The summed E-state index contributed by atoms with van der Waals surface area (Å²) in [6.07, 6.45) is 3.28. The number of carbonyl (C=O) groups is 2. The van der Waals surface area contributed by atoms with E-state index in [0.717, 1.165) is 5.56 Å². The molecule has 2 aromatic rings. The highest BCUT2D eigenvalue weighted by Gasteiger charge is 2.20. The summed E-state index contributed by atoms with van der Waals surface area (Å²) in [4.78, 5) is 24.4. The number of rotatable bonds is 5. The van der Waals surface area contributed by atoms with Crippen molar-refractivity contribution in [1.82, 2.24) is 9.78 Å². The summed E-state index contributed by atoms with van der Waals surface area (Å²) in [7, 11) is 0. The third kappa shape index (κ3) is 4.54. The van der Waals surface area contributed by atoms with E-state index in [-0.39, 0.29) is 17.7 Å². The van der Waals surface area contributed by atoms with Crippen molar-refractivity contribution in [3.63, 3.8) is 0 Å². The summed E-state index contributed by atoms with van der Waals surface area (Å²) in [5.41, 5.74) is 1.35. The number of hydrogen-bond donors (Lipinski definition) is 0. The van der Waals surface area contributed by atoms with Crippen molar-refractivity contribution < 1.29 is 14.3 Å². The molecule has 0 radical (unpaired) electrons. The minimum absolute atomic E-state index is 0.0571. The van der Waals surface area contributed by atoms with Gasteiger partial charge >= 0.3 is 5.97 Å². The lowest BCUT2D eigenvalue weighted by atomic mass is 10.0. The number of Topliss-reactive ketones (excluding diaryl/α,β-unsaturated/α-hetero) is 1. The van der Waals surface area contributed by atoms with Crippen LogP contribution < -0.4 is 0 Å². The topological polar surface area (TPSA) is 61.2 Å². The van der Waals surface area contributed by atoms with E-state index in [0.29, 0.717) is 17.7 Å². The molecule has 0 aliphatic heterocycles. The molecule has 0 unspecified atom stereocenters. The van der Waals surface area contributed by atoms with E-state index >= 15 is 0 Å². The van der Waals surface area contributed by atoms with Crippen LogP contribution in [0.3, 0.4) is 0 Å². The highest BCUT2D eigenvalue weighted by Crippen LogP contribution is 2.17. The average Bonchev–Trinajstić information content (AvgIpc) is 2.93. The van der Waals surface area contributed by atoms with Crippen molar-refractivity contribution in [2.24, 2.45) is 5.92 Å². The molecule has 24 heavy (non-hydrogen) atoms. The van der Waals surface area contributed by atoms with Crippen LogP contribution in [0.15, 0.2) is 36.7 Å². The van der Waals surface area contributed by atoms with Crippen LogP contribution in [0.2, 0.25) is 0 Å². The Balaban J connectivity index is 2.22. The molecule has 0 saturated heterocycles. The van der Waals surface area contributed by atoms with Crippen LogP contribution in [0.5, 0.6) is 0 Å². The summed E-state index contributed by atoms with van der Waals surface area (Å²) in [5, 5.41) is 4.23. The zero-order chi connectivity index (χ0) is 17.9. The fraction of sp³-hybridized carbons (Fsp3) is 0.421. The first kappa shape index (κ1) is 17.9. The third-order valence-corrected chi connectivity index (χ3v) is 3.41. The molecule has 0 atom stereocenters. The second-order valence-electron chi connectivity index (χ2n) is 7.10. The van der Waals surface area contributed by atoms with Crippen molar-refractivity contribution in [1.29, 1.82) is 0 Å². The van der Waals surface area contributed by atoms with Gasteiger partial charge in [-0.2, -0.15) is 5.10 Å². The second-order valence-corrected chi connectivity index (χ2v) is 7.10. The van der Waals surface area contributed by atoms with Gasteiger partial charge in [0.15, 0.2) is 5.78 Å². The van der Waals surface area contributed by atoms with Gasteiger partial charge in [0, 0.05) is 12.1 Å². The average molecular weight is 328 g/mol. The van der Waals surface area contributed by atoms with Gasteiger partial charge in [-0.05, 0) is 32.4 Å². The number of ether oxygens (including phenoxy) is 1. The Morgan fingerprint density at radius 1 is 1.21 bits per heavy atom. The second kappa shape index (κ2) is 6.99. The fourth-order valence-electron chi connectivity index (χ4n) is 2.28. The molecular weight excluding hydrogens is 304 g/mol. The van der Waals surface area contributed by atoms with Crippen LogP contribution in [0.4, 0.5) is 0 Å². The lowest BCUT2D eigenvalue weighted by Crippen LogP contribution is -2.24. The van der Waals surface area contributed by atoms with E-state index in [1.165, 1.54) is 0 Å². The van der Waals surface area contributed by atoms with Crippen molar-refractivity contribution >= 4 is 11.8 Å². The summed E-state index contributed by atoms with van der Waals surface area (Å²) in [6.45, 7) is 9.64. The SMILES string of the molecule is CC(C)C(=O)c1cnn(Cc2ccccc2C(=O)OC(C)(C)C)c1. The first-order valence-corrected chi connectivity index (χ1v) is 8.05. The molecule has 5 nitrogen and oxygen atoms in total. The zero-order valence-corrected chi connectivity index (χ0v) is 14.9. The number of benzene rings is 1. The van der Waals surface area contributed by atoms with Gasteiger partial charge in [-0.3, -0.25) is 9.48 Å². The molecule has 0 spiro atoms. The number of hydrogen-bond acceptors (Lipinski definition) is 4. The quantitative estimate of drug-likeness (QED) is 0.620. The van der Waals surface area contributed by atoms with E-state index in [9.17, 15) is 9.59 Å². The molecule has 1 aromatic carbocycles. The maximum absolute atomic E-state index is 12.4. The minimum Gasteiger partial charge on any atom is -0.456 e. The molecule has 1 aromatic heterocycles. The van der Waals surface area contributed by atoms with E-state index in [1.54, 1.807) is 29.2 Å². The molecule has 0 saturated carbocycles. The minimum atomic E-state index is -0.549. The Labute approximate surface area is 142 Å². The molecule has 0 N–H and O–H groups in total. The Bertz CT molecular complexity index is 739. The maximum atomic E-state index is 12.4. The molecule has 0 aliphatic rings. The monoisotopic (exact) mass is 328 g/mol. The zero-order valence-electron chi connectivity index (χ0n) is 14.9. The summed E-state index contributed by atoms with van der Waals surface area (Å²) in [5.74, 6) is -0.373. The number of esters is 1. The smallest absolute Gasteiger partial charge is 0.338 e. The predicted molar refractivity (Wildman–Crippen MR) is 92.1 cm³/mol. The largest absolute Gasteiger partial charge is 0.456 e. The molecule has 1 heterocycles. The lowest BCUT2D eigenvalue weighted by molar-refractivity contribution is 0.00681. The van der Waals surface area contributed by atoms with Crippen LogP contribution in [0, 0.1) is 5.92 Å². The van der Waals surface area contributed by atoms with E-state index in [1.807, 2.05) is 46.8 Å². The van der Waals surface area contributed by atoms with Gasteiger partial charge in [0.2, 0.25) is 0 Å². The Hall–Kier alpha value is -2.43. The van der Waals surface area contributed by atoms with Crippen molar-refractivity contribution in [3.8, 4) is 0 Å². The maximum Gasteiger partial charge on any atom is 0.338 e. The first-order valence-electron chi connectivity index (χ1n) is 8.05. The third-order valence-electron chi connectivity index (χ3n) is 3.41. The van der Waals surface area contributed by atoms with Crippen molar-refractivity contribution in [2.45, 2.75) is 46.8 Å². The molecule has 0 aliphatic carbocycles. The highest BCUT2D eigenvalue weighted by atomic mass is 16.6. The van der Waals surface area contributed by atoms with Gasteiger partial charge in [-0.1, -0.05) is 32.0 Å². The van der Waals surface area contributed by atoms with Crippen LogP contribution >= 0.6 is 0 Å². The molecule has 0 fully saturated rings. The van der Waals surface area contributed by atoms with Crippen molar-refractivity contribution in [3.05, 3.63) is 53.3 Å². The summed E-state index contributed by atoms with van der Waals surface area (Å²) < 4.78 is 7.12. The molecule has 0 bridgehead atoms. The number of nitrogens with zero attached hydrogens (tertiary/aromatic N) is 2. The van der Waals surface area contributed by atoms with Gasteiger partial charge < -0.3 is 4.74 Å². The van der Waals surface area contributed by atoms with Gasteiger partial charge in [0.05, 0.1) is 23.9 Å². The normalized spacial score (nSPS) is 11.6. The highest BCUT2D eigenvalue weighted by molar-refractivity contribution is 5.97. The Morgan fingerprint density at radius 2 is 1.88 bits per heavy atom. The number of aromatic nitrogens is 2. The molecule has 0 amide bonds. The van der Waals surface area contributed by atoms with E-state index < -0.39 is 5.60 Å². The summed E-state index contributed by atoms with van der Waals surface area (Å²) in [6, 6.07) is 7.28. The van der Waals surface area contributed by atoms with Crippen molar-refractivity contribution in [2.75, 3.05) is 0 Å². The number of ketones is 1. The molecule has 5 heteroatoms. The van der Waals surface area contributed by atoms with Gasteiger partial charge in [0.25, 0.3) is 0 Å².